The Morgan fingerprint density at radius 2 is 0.693 bits per heavy atom. The van der Waals surface area contributed by atoms with Crippen molar-refractivity contribution in [1.82, 2.24) is 77.7 Å². The molecule has 1 aliphatic carbocycles. The highest BCUT2D eigenvalue weighted by molar-refractivity contribution is 6.03. The van der Waals surface area contributed by atoms with Crippen LogP contribution in [-0.4, -0.2) is 196 Å². The van der Waals surface area contributed by atoms with Crippen LogP contribution in [0.3, 0.4) is 0 Å². The number of hydrogen-bond donors (Lipinski definition) is 5. The smallest absolute Gasteiger partial charge is 0.266 e. The Morgan fingerprint density at radius 3 is 0.979 bits per heavy atom. The number of pyridine rings is 4. The van der Waals surface area contributed by atoms with Gasteiger partial charge in [-0.2, -0.15) is 0 Å². The van der Waals surface area contributed by atoms with Crippen LogP contribution < -0.4 is 43.5 Å². The van der Waals surface area contributed by atoms with Crippen molar-refractivity contribution in [2.24, 2.45) is 33.6 Å². The number of nitrogens with one attached hydrogen (secondary N) is 4. The van der Waals surface area contributed by atoms with Gasteiger partial charge in [-0.25, -0.2) is 92.6 Å². The van der Waals surface area contributed by atoms with Crippen molar-refractivity contribution < 1.29 is 91.2 Å². The van der Waals surface area contributed by atoms with E-state index in [1.165, 1.54) is 176 Å². The molecule has 4 aromatic carbocycles. The van der Waals surface area contributed by atoms with Crippen molar-refractivity contribution in [3.05, 3.63) is 254 Å². The van der Waals surface area contributed by atoms with E-state index >= 15 is 0 Å². The minimum absolute atomic E-state index is 0.00473. The first kappa shape index (κ1) is 99.1. The van der Waals surface area contributed by atoms with Crippen LogP contribution in [0, 0.1) is 28.7 Å². The number of likely N-dealkylation sites (tertiary alicyclic amines) is 4. The predicted molar refractivity (Wildman–Crippen MR) is 490 cm³/mol. The molecule has 5 N–H and O–H groups in total. The van der Waals surface area contributed by atoms with Crippen LogP contribution in [0.2, 0.25) is 0 Å². The minimum atomic E-state index is -2.97. The second-order valence-electron chi connectivity index (χ2n) is 36.3. The largest absolute Gasteiger partial charge is 0.376 e. The van der Waals surface area contributed by atoms with Crippen LogP contribution >= 0.6 is 0 Å². The Hall–Kier alpha value is -13.9. The van der Waals surface area contributed by atoms with Gasteiger partial charge in [0.1, 0.15) is 122 Å². The average Bonchev–Trinajstić information content (AvgIpc) is 1.01. The summed E-state index contributed by atoms with van der Waals surface area (Å²) in [5, 5.41) is 23.5. The van der Waals surface area contributed by atoms with Crippen molar-refractivity contribution >= 4 is 91.0 Å². The first-order chi connectivity index (χ1) is 66.7. The number of amides is 4. The number of aryl methyl sites for hydroxylation is 4. The van der Waals surface area contributed by atoms with Crippen molar-refractivity contribution in [1.29, 1.82) is 0 Å². The van der Waals surface area contributed by atoms with Gasteiger partial charge in [-0.15, -0.1) is 0 Å². The maximum atomic E-state index is 14.7. The number of halogens is 12. The summed E-state index contributed by atoms with van der Waals surface area (Å²) in [6, 6.07) is 18.0. The summed E-state index contributed by atoms with van der Waals surface area (Å²) in [4.78, 5) is 145. The van der Waals surface area contributed by atoms with Gasteiger partial charge in [0.25, 0.3) is 71.6 Å². The van der Waals surface area contributed by atoms with Gasteiger partial charge in [-0.05, 0) is 90.5 Å². The molecule has 7 aliphatic rings. The topological polar surface area (TPSA) is 368 Å². The summed E-state index contributed by atoms with van der Waals surface area (Å²) in [5.41, 5.74) is -4.28. The van der Waals surface area contributed by atoms with E-state index in [0.29, 0.717) is 79.7 Å². The lowest BCUT2D eigenvalue weighted by Crippen LogP contribution is -2.64. The summed E-state index contributed by atoms with van der Waals surface area (Å²) in [6.07, 6.45) is 2.41. The average molecular weight is 1950 g/mol. The second kappa shape index (κ2) is 39.8. The van der Waals surface area contributed by atoms with Crippen LogP contribution in [-0.2, 0) is 42.4 Å². The van der Waals surface area contributed by atoms with Crippen LogP contribution in [0.25, 0.3) is 44.1 Å². The number of aromatic nitrogens is 12. The third kappa shape index (κ3) is 18.9. The number of carbonyl (C=O) groups excluding carboxylic acids is 4. The second-order valence-corrected chi connectivity index (χ2v) is 36.3. The Labute approximate surface area is 790 Å². The maximum absolute atomic E-state index is 14.7. The third-order valence-corrected chi connectivity index (χ3v) is 27.2. The molecule has 4 amide bonds. The van der Waals surface area contributed by atoms with Crippen LogP contribution in [0.15, 0.2) is 142 Å². The van der Waals surface area contributed by atoms with E-state index in [2.05, 4.69) is 61.1 Å². The summed E-state index contributed by atoms with van der Waals surface area (Å²) in [7, 11) is 7.30. The number of aliphatic hydroxyl groups is 1. The number of anilines is 4. The molecular weight excluding hydrogens is 1850 g/mol. The highest BCUT2D eigenvalue weighted by atomic mass is 19.3. The summed E-state index contributed by atoms with van der Waals surface area (Å²) in [6.45, 7) is 10.5. The zero-order valence-corrected chi connectivity index (χ0v) is 77.2. The molecule has 8 aromatic heterocycles. The van der Waals surface area contributed by atoms with Gasteiger partial charge in [-0.3, -0.25) is 56.6 Å². The fraction of sp³-hybridized carbons (Fsp3) is 0.417. The number of nitrogens with zero attached hydrogens (tertiary/aromatic N) is 16. The van der Waals surface area contributed by atoms with E-state index in [0.717, 1.165) is 62.8 Å². The van der Waals surface area contributed by atoms with Gasteiger partial charge in [0.2, 0.25) is 5.79 Å². The van der Waals surface area contributed by atoms with E-state index in [-0.39, 0.29) is 126 Å². The first-order valence-electron chi connectivity index (χ1n) is 45.1. The molecule has 0 bridgehead atoms. The number of alkyl halides is 8. The fourth-order valence-electron chi connectivity index (χ4n) is 19.3. The number of carbonyl (C=O) groups is 4. The lowest BCUT2D eigenvalue weighted by molar-refractivity contribution is -0.247. The van der Waals surface area contributed by atoms with Gasteiger partial charge < -0.3 is 60.2 Å². The van der Waals surface area contributed by atoms with E-state index in [4.69, 9.17) is 14.2 Å². The van der Waals surface area contributed by atoms with Gasteiger partial charge in [0.05, 0.1) is 113 Å². The molecule has 14 heterocycles. The van der Waals surface area contributed by atoms with E-state index < -0.39 is 135 Å². The Morgan fingerprint density at radius 1 is 0.393 bits per heavy atom. The van der Waals surface area contributed by atoms with Crippen molar-refractivity contribution in [2.75, 3.05) is 94.0 Å². The van der Waals surface area contributed by atoms with Crippen molar-refractivity contribution in [2.45, 2.75) is 152 Å². The molecule has 19 rings (SSSR count). The summed E-state index contributed by atoms with van der Waals surface area (Å²) in [5.74, 6) is -6.24. The van der Waals surface area contributed by atoms with Crippen LogP contribution in [0.1, 0.15) is 221 Å². The van der Waals surface area contributed by atoms with Crippen LogP contribution in [0.4, 0.5) is 76.0 Å². The molecule has 7 fully saturated rings. The predicted octanol–water partition coefficient (Wildman–Crippen LogP) is 14.5. The zero-order chi connectivity index (χ0) is 100. The molecule has 0 radical (unpaired) electrons. The number of methoxy groups -OCH3 is 1. The number of rotatable bonds is 21. The highest BCUT2D eigenvalue weighted by Gasteiger charge is 2.52. The fourth-order valence-corrected chi connectivity index (χ4v) is 19.3. The number of hydrogen-bond acceptors (Lipinski definition) is 24. The number of benzene rings is 4. The molecule has 738 valence electrons. The van der Waals surface area contributed by atoms with Crippen molar-refractivity contribution in [3.63, 3.8) is 0 Å². The molecule has 140 heavy (non-hydrogen) atoms. The Bertz CT molecular complexity index is 7100. The Kier molecular flexibility index (Phi) is 28.2. The van der Waals surface area contributed by atoms with Crippen LogP contribution in [0.5, 0.6) is 0 Å². The number of ether oxygens (including phenoxy) is 3. The molecule has 12 aromatic rings. The molecule has 6 aliphatic heterocycles. The molecule has 32 nitrogen and oxygen atoms in total. The lowest BCUT2D eigenvalue weighted by atomic mass is 9.68. The summed E-state index contributed by atoms with van der Waals surface area (Å²) < 4.78 is 185. The standard InChI is InChI=1S/C26H28F3N5O2.2C24H24F3N5O3.C22H22F3N5O4/c1-15(16-7-6-8-17(20(16)27)21(28)29)32-22-18-11-19(24(35)33(2)23(18)31-14-30-22)25(36)34-12-26(13-34)9-4-3-5-10-26;1-13(14-5-3-6-15(18(14)25)19(26)27)30-20-16-9-17(22(33)31(2)21(16)29-12-28-20)23(34)32-10-24(11-32)7-4-8-35-24;1-13(14-5-3-6-15(18(14)25)19(26)27)30-20-16-9-17(22(33)31(2)21(16)29-12-28-20)23(34)32-8-4-7-24(32)10-35-11-24;1-11(12-5-4-6-13(16(12)23)17(24)25)28-18-14-7-15(20(31)29(2)19(14)27-10-26-18)21(32)30-8-22(33,9-30)34-3/h6-8,11,14-15,21H,3-5,9-10,12-13H2,1-2H3,(H,30,31,32);2*3,5-6,9,12-13,19H,4,7-8,10-11H2,1-2H3,(H,28,29,30);4-7,10-11,17,33H,8-9H2,1-3H3,(H,26,27,28)/t15-;2*13-;11-/m1111/s1. The molecule has 3 spiro atoms. The number of β-amino-alcohol motifs (C(OH)–C–C–N with tert-alkyl or cyclic N) is 1. The molecular formula is C96H98F12N20O12. The highest BCUT2D eigenvalue weighted by Crippen LogP contribution is 2.46. The first-order valence-corrected chi connectivity index (χ1v) is 45.1. The maximum Gasteiger partial charge on any atom is 0.266 e. The molecule has 4 atom stereocenters. The van der Waals surface area contributed by atoms with Gasteiger partial charge in [0.15, 0.2) is 0 Å². The van der Waals surface area contributed by atoms with Gasteiger partial charge >= 0.3 is 0 Å². The SMILES string of the molecule is COC1(O)CN(C(=O)c2cc3c(N[C@H](C)c4cccc(C(F)F)c4F)ncnc3n(C)c2=O)C1.C[C@@H](Nc1ncnc2c1cc(C(=O)N1CC3(CCCCC3)C1)c(=O)n2C)c1cccc(C(F)F)c1F.C[C@@H](Nc1ncnc2c1cc(C(=O)N1CC3(CCCO3)C1)c(=O)n2C)c1cccc(C(F)F)c1F.C[C@@H](Nc1ncnc2c1cc(C(=O)N1CCCC13COC3)c(=O)n2C)c1cccc(C(F)F)c1F. The number of fused-ring (bicyclic) bond motifs is 4. The monoisotopic (exact) mass is 1950 g/mol. The molecule has 6 saturated heterocycles. The van der Waals surface area contributed by atoms with Gasteiger partial charge in [0, 0.05) is 89.2 Å². The molecule has 0 unspecified atom stereocenters. The van der Waals surface area contributed by atoms with Gasteiger partial charge in [-0.1, -0.05) is 92.1 Å². The lowest BCUT2D eigenvalue weighted by Gasteiger charge is -2.52. The minimum Gasteiger partial charge on any atom is -0.376 e. The summed E-state index contributed by atoms with van der Waals surface area (Å²) >= 11 is 0. The Balaban J connectivity index is 0.000000135. The third-order valence-electron chi connectivity index (χ3n) is 27.2. The van der Waals surface area contributed by atoms with E-state index in [1.54, 1.807) is 42.4 Å². The van der Waals surface area contributed by atoms with E-state index in [1.807, 2.05) is 0 Å². The molecule has 44 heteroatoms. The molecule has 1 saturated carbocycles. The zero-order valence-electron chi connectivity index (χ0n) is 77.2. The van der Waals surface area contributed by atoms with E-state index in [9.17, 15) is 96.1 Å². The quantitative estimate of drug-likeness (QED) is 0.0329. The normalized spacial score (nSPS) is 17.3. The van der Waals surface area contributed by atoms with Crippen molar-refractivity contribution in [3.8, 4) is 0 Å².